The fraction of sp³-hybridized carbons (Fsp3) is 0.562. The molecule has 0 saturated heterocycles. The summed E-state index contributed by atoms with van der Waals surface area (Å²) in [6.07, 6.45) is 7.34. The Labute approximate surface area is 120 Å². The molecule has 0 unspecified atom stereocenters. The molecule has 0 heterocycles. The lowest BCUT2D eigenvalue weighted by Gasteiger charge is -2.09. The van der Waals surface area contributed by atoms with Gasteiger partial charge in [0.25, 0.3) is 0 Å². The van der Waals surface area contributed by atoms with Crippen LogP contribution in [0.4, 0.5) is 4.39 Å². The van der Waals surface area contributed by atoms with Gasteiger partial charge in [0.1, 0.15) is 11.7 Å². The third kappa shape index (κ3) is 6.15. The van der Waals surface area contributed by atoms with Gasteiger partial charge in [0.05, 0.1) is 6.61 Å². The third-order valence-electron chi connectivity index (χ3n) is 3.26. The standard InChI is InChI=1S/C16H25FN2O/c1-2-3-4-5-6-7-10-20-12-13-8-9-14(17)11-15(13)16(18)19/h8-9,11H,2-7,10,12H2,1H3,(H3,18,19). The average molecular weight is 280 g/mol. The summed E-state index contributed by atoms with van der Waals surface area (Å²) >= 11 is 0. The third-order valence-corrected chi connectivity index (χ3v) is 3.26. The fourth-order valence-electron chi connectivity index (χ4n) is 2.09. The van der Waals surface area contributed by atoms with Crippen molar-refractivity contribution in [2.45, 2.75) is 52.1 Å². The molecule has 0 radical (unpaired) electrons. The van der Waals surface area contributed by atoms with Crippen LogP contribution >= 0.6 is 0 Å². The first-order valence-electron chi connectivity index (χ1n) is 7.35. The van der Waals surface area contributed by atoms with E-state index in [2.05, 4.69) is 6.92 Å². The minimum atomic E-state index is -0.380. The monoisotopic (exact) mass is 280 g/mol. The van der Waals surface area contributed by atoms with Gasteiger partial charge in [-0.1, -0.05) is 45.1 Å². The maximum Gasteiger partial charge on any atom is 0.123 e. The molecule has 0 saturated carbocycles. The molecule has 4 heteroatoms. The normalized spacial score (nSPS) is 10.7. The van der Waals surface area contributed by atoms with Crippen molar-refractivity contribution in [2.75, 3.05) is 6.61 Å². The number of nitrogens with two attached hydrogens (primary N) is 1. The Kier molecular flexibility index (Phi) is 7.88. The predicted molar refractivity (Wildman–Crippen MR) is 80.4 cm³/mol. The van der Waals surface area contributed by atoms with Crippen molar-refractivity contribution in [1.82, 2.24) is 0 Å². The number of unbranched alkanes of at least 4 members (excludes halogenated alkanes) is 5. The van der Waals surface area contributed by atoms with Crippen LogP contribution in [0.5, 0.6) is 0 Å². The summed E-state index contributed by atoms with van der Waals surface area (Å²) in [7, 11) is 0. The first kappa shape index (κ1) is 16.6. The maximum atomic E-state index is 13.1. The first-order valence-corrected chi connectivity index (χ1v) is 7.35. The van der Waals surface area contributed by atoms with E-state index in [9.17, 15) is 4.39 Å². The van der Waals surface area contributed by atoms with Gasteiger partial charge in [-0.3, -0.25) is 5.41 Å². The molecule has 20 heavy (non-hydrogen) atoms. The molecule has 3 N–H and O–H groups in total. The molecule has 0 fully saturated rings. The van der Waals surface area contributed by atoms with E-state index in [1.807, 2.05) is 0 Å². The Morgan fingerprint density at radius 1 is 1.20 bits per heavy atom. The lowest BCUT2D eigenvalue weighted by Crippen LogP contribution is -2.15. The Bertz CT molecular complexity index is 421. The highest BCUT2D eigenvalue weighted by molar-refractivity contribution is 5.96. The smallest absolute Gasteiger partial charge is 0.123 e. The van der Waals surface area contributed by atoms with Crippen molar-refractivity contribution in [3.8, 4) is 0 Å². The van der Waals surface area contributed by atoms with Crippen LogP contribution in [-0.4, -0.2) is 12.4 Å². The number of nitrogens with one attached hydrogen (secondary N) is 1. The van der Waals surface area contributed by atoms with Gasteiger partial charge in [-0.2, -0.15) is 0 Å². The number of nitrogen functional groups attached to an aromatic ring is 1. The first-order chi connectivity index (χ1) is 9.65. The molecule has 1 aromatic rings. The molecule has 0 aliphatic carbocycles. The van der Waals surface area contributed by atoms with Gasteiger partial charge < -0.3 is 10.5 Å². The second-order valence-electron chi connectivity index (χ2n) is 5.04. The summed E-state index contributed by atoms with van der Waals surface area (Å²) in [4.78, 5) is 0. The minimum absolute atomic E-state index is 0.123. The molecular weight excluding hydrogens is 255 g/mol. The molecule has 0 aliphatic rings. The molecule has 0 spiro atoms. The molecule has 0 amide bonds. The van der Waals surface area contributed by atoms with Crippen LogP contribution in [0.15, 0.2) is 18.2 Å². The molecule has 1 aromatic carbocycles. The van der Waals surface area contributed by atoms with Gasteiger partial charge in [-0.15, -0.1) is 0 Å². The summed E-state index contributed by atoms with van der Waals surface area (Å²) in [5, 5.41) is 7.44. The fourth-order valence-corrected chi connectivity index (χ4v) is 2.09. The van der Waals surface area contributed by atoms with Crippen molar-refractivity contribution in [2.24, 2.45) is 5.73 Å². The number of benzene rings is 1. The van der Waals surface area contributed by atoms with Crippen LogP contribution in [0.3, 0.4) is 0 Å². The number of amidine groups is 1. The zero-order chi connectivity index (χ0) is 14.8. The number of rotatable bonds is 10. The molecule has 0 aliphatic heterocycles. The van der Waals surface area contributed by atoms with Crippen molar-refractivity contribution in [3.63, 3.8) is 0 Å². The van der Waals surface area contributed by atoms with Gasteiger partial charge in [-0.05, 0) is 24.1 Å². The van der Waals surface area contributed by atoms with Gasteiger partial charge in [-0.25, -0.2) is 4.39 Å². The Hall–Kier alpha value is -1.42. The zero-order valence-corrected chi connectivity index (χ0v) is 12.3. The topological polar surface area (TPSA) is 59.1 Å². The van der Waals surface area contributed by atoms with E-state index in [0.29, 0.717) is 18.8 Å². The van der Waals surface area contributed by atoms with E-state index in [1.165, 1.54) is 44.2 Å². The second kappa shape index (κ2) is 9.48. The average Bonchev–Trinajstić information content (AvgIpc) is 2.43. The summed E-state index contributed by atoms with van der Waals surface area (Å²) in [6, 6.07) is 4.29. The van der Waals surface area contributed by atoms with E-state index < -0.39 is 0 Å². The van der Waals surface area contributed by atoms with Crippen LogP contribution in [0.25, 0.3) is 0 Å². The predicted octanol–water partition coefficient (Wildman–Crippen LogP) is 3.99. The van der Waals surface area contributed by atoms with Gasteiger partial charge in [0, 0.05) is 12.2 Å². The number of hydrogen-bond donors (Lipinski definition) is 2. The summed E-state index contributed by atoms with van der Waals surface area (Å²) < 4.78 is 18.7. The van der Waals surface area contributed by atoms with E-state index in [-0.39, 0.29) is 11.7 Å². The molecule has 0 bridgehead atoms. The molecule has 0 atom stereocenters. The van der Waals surface area contributed by atoms with Crippen LogP contribution in [0.1, 0.15) is 56.6 Å². The van der Waals surface area contributed by atoms with Crippen LogP contribution in [-0.2, 0) is 11.3 Å². The quantitative estimate of drug-likeness (QED) is 0.387. The highest BCUT2D eigenvalue weighted by Gasteiger charge is 2.07. The Balaban J connectivity index is 2.27. The maximum absolute atomic E-state index is 13.1. The summed E-state index contributed by atoms with van der Waals surface area (Å²) in [5.41, 5.74) is 6.64. The lowest BCUT2D eigenvalue weighted by molar-refractivity contribution is 0.116. The van der Waals surface area contributed by atoms with Crippen molar-refractivity contribution < 1.29 is 9.13 Å². The van der Waals surface area contributed by atoms with Gasteiger partial charge >= 0.3 is 0 Å². The lowest BCUT2D eigenvalue weighted by atomic mass is 10.1. The van der Waals surface area contributed by atoms with Crippen LogP contribution in [0, 0.1) is 11.2 Å². The van der Waals surface area contributed by atoms with Gasteiger partial charge in [0.2, 0.25) is 0 Å². The Morgan fingerprint density at radius 3 is 2.60 bits per heavy atom. The van der Waals surface area contributed by atoms with Crippen molar-refractivity contribution >= 4 is 5.84 Å². The second-order valence-corrected chi connectivity index (χ2v) is 5.04. The molecule has 3 nitrogen and oxygen atoms in total. The molecular formula is C16H25FN2O. The van der Waals surface area contributed by atoms with E-state index in [4.69, 9.17) is 15.9 Å². The van der Waals surface area contributed by atoms with E-state index in [1.54, 1.807) is 6.07 Å². The number of ether oxygens (including phenoxy) is 1. The largest absolute Gasteiger partial charge is 0.384 e. The minimum Gasteiger partial charge on any atom is -0.384 e. The highest BCUT2D eigenvalue weighted by atomic mass is 19.1. The van der Waals surface area contributed by atoms with Gasteiger partial charge in [0.15, 0.2) is 0 Å². The number of halogens is 1. The number of hydrogen-bond acceptors (Lipinski definition) is 2. The van der Waals surface area contributed by atoms with E-state index in [0.717, 1.165) is 12.0 Å². The highest BCUT2D eigenvalue weighted by Crippen LogP contribution is 2.13. The van der Waals surface area contributed by atoms with Crippen molar-refractivity contribution in [1.29, 1.82) is 5.41 Å². The summed E-state index contributed by atoms with van der Waals surface area (Å²) in [5.74, 6) is -0.502. The summed E-state index contributed by atoms with van der Waals surface area (Å²) in [6.45, 7) is 3.28. The van der Waals surface area contributed by atoms with E-state index >= 15 is 0 Å². The molecule has 112 valence electrons. The SMILES string of the molecule is CCCCCCCCOCc1ccc(F)cc1C(=N)N. The zero-order valence-electron chi connectivity index (χ0n) is 12.3. The Morgan fingerprint density at radius 2 is 1.90 bits per heavy atom. The van der Waals surface area contributed by atoms with Crippen LogP contribution in [0.2, 0.25) is 0 Å². The molecule has 0 aromatic heterocycles. The van der Waals surface area contributed by atoms with Crippen LogP contribution < -0.4 is 5.73 Å². The molecule has 1 rings (SSSR count). The van der Waals surface area contributed by atoms with Crippen molar-refractivity contribution in [3.05, 3.63) is 35.1 Å².